The molecule has 0 radical (unpaired) electrons. The summed E-state index contributed by atoms with van der Waals surface area (Å²) in [5.74, 6) is 0. The molecule has 1 aliphatic carbocycles. The van der Waals surface area contributed by atoms with Crippen molar-refractivity contribution in [1.29, 1.82) is 0 Å². The van der Waals surface area contributed by atoms with E-state index in [2.05, 4.69) is 34.6 Å². The van der Waals surface area contributed by atoms with Crippen molar-refractivity contribution in [3.05, 3.63) is 22.3 Å². The molecule has 0 saturated heterocycles. The molecule has 1 rings (SSSR count). The van der Waals surface area contributed by atoms with Gasteiger partial charge in [0, 0.05) is 0 Å². The standard InChI is InChI=1S/C10H15Cl/c1-6-7(2)9(4)10(5,11)8(6)3/h1-5H3. The third-order valence-electron chi connectivity index (χ3n) is 3.10. The van der Waals surface area contributed by atoms with Crippen molar-refractivity contribution in [1.82, 2.24) is 0 Å². The third-order valence-corrected chi connectivity index (χ3v) is 3.66. The minimum absolute atomic E-state index is 0.214. The summed E-state index contributed by atoms with van der Waals surface area (Å²) in [5.41, 5.74) is 5.32. The second-order valence-electron chi connectivity index (χ2n) is 3.50. The first-order valence-corrected chi connectivity index (χ1v) is 4.32. The lowest BCUT2D eigenvalue weighted by Gasteiger charge is -2.19. The van der Waals surface area contributed by atoms with Crippen LogP contribution in [-0.4, -0.2) is 4.87 Å². The van der Waals surface area contributed by atoms with E-state index in [0.29, 0.717) is 0 Å². The second-order valence-corrected chi connectivity index (χ2v) is 4.26. The van der Waals surface area contributed by atoms with Crippen LogP contribution in [0.25, 0.3) is 0 Å². The third kappa shape index (κ3) is 1.04. The van der Waals surface area contributed by atoms with Gasteiger partial charge in [-0.05, 0) is 56.9 Å². The molecule has 0 nitrogen and oxygen atoms in total. The molecule has 1 heteroatoms. The molecular weight excluding hydrogens is 156 g/mol. The van der Waals surface area contributed by atoms with Gasteiger partial charge in [-0.3, -0.25) is 0 Å². The lowest BCUT2D eigenvalue weighted by Crippen LogP contribution is -2.16. The molecule has 0 aromatic heterocycles. The van der Waals surface area contributed by atoms with Crippen molar-refractivity contribution in [2.75, 3.05) is 0 Å². The van der Waals surface area contributed by atoms with Gasteiger partial charge in [0.1, 0.15) is 0 Å². The normalized spacial score (nSPS) is 23.5. The van der Waals surface area contributed by atoms with Gasteiger partial charge in [0.15, 0.2) is 0 Å². The number of hydrogen-bond donors (Lipinski definition) is 0. The molecule has 0 amide bonds. The molecule has 0 N–H and O–H groups in total. The summed E-state index contributed by atoms with van der Waals surface area (Å²) in [5, 5.41) is 0. The number of hydrogen-bond acceptors (Lipinski definition) is 0. The molecular formula is C10H15Cl. The lowest BCUT2D eigenvalue weighted by atomic mass is 9.98. The molecule has 0 spiro atoms. The smallest absolute Gasteiger partial charge is 0.0842 e. The summed E-state index contributed by atoms with van der Waals surface area (Å²) in [6, 6.07) is 0. The first-order chi connectivity index (χ1) is 4.89. The highest BCUT2D eigenvalue weighted by Crippen LogP contribution is 2.43. The predicted molar refractivity (Wildman–Crippen MR) is 51.0 cm³/mol. The van der Waals surface area contributed by atoms with Crippen LogP contribution in [0.5, 0.6) is 0 Å². The average molecular weight is 171 g/mol. The van der Waals surface area contributed by atoms with Crippen LogP contribution in [0.4, 0.5) is 0 Å². The van der Waals surface area contributed by atoms with Crippen molar-refractivity contribution in [3.8, 4) is 0 Å². The van der Waals surface area contributed by atoms with Crippen LogP contribution in [0.3, 0.4) is 0 Å². The van der Waals surface area contributed by atoms with Gasteiger partial charge in [0.25, 0.3) is 0 Å². The number of halogens is 1. The maximum Gasteiger partial charge on any atom is 0.0842 e. The van der Waals surface area contributed by atoms with Gasteiger partial charge in [-0.1, -0.05) is 0 Å². The van der Waals surface area contributed by atoms with Crippen LogP contribution in [0.15, 0.2) is 22.3 Å². The molecule has 62 valence electrons. The minimum atomic E-state index is -0.214. The van der Waals surface area contributed by atoms with Crippen LogP contribution >= 0.6 is 11.6 Å². The topological polar surface area (TPSA) is 0 Å². The second kappa shape index (κ2) is 2.38. The highest BCUT2D eigenvalue weighted by atomic mass is 35.5. The van der Waals surface area contributed by atoms with Gasteiger partial charge in [-0.15, -0.1) is 11.6 Å². The Balaban J connectivity index is 3.27. The van der Waals surface area contributed by atoms with Gasteiger partial charge >= 0.3 is 0 Å². The van der Waals surface area contributed by atoms with Gasteiger partial charge in [-0.25, -0.2) is 0 Å². The number of allylic oxidation sites excluding steroid dienone is 4. The first kappa shape index (κ1) is 8.86. The molecule has 0 saturated carbocycles. The predicted octanol–water partition coefficient (Wildman–Crippen LogP) is 3.67. The summed E-state index contributed by atoms with van der Waals surface area (Å²) >= 11 is 6.34. The molecule has 11 heavy (non-hydrogen) atoms. The van der Waals surface area contributed by atoms with Gasteiger partial charge < -0.3 is 0 Å². The zero-order valence-electron chi connectivity index (χ0n) is 7.88. The van der Waals surface area contributed by atoms with E-state index in [4.69, 9.17) is 11.6 Å². The summed E-state index contributed by atoms with van der Waals surface area (Å²) in [6.07, 6.45) is 0. The van der Waals surface area contributed by atoms with E-state index in [0.717, 1.165) is 0 Å². The summed E-state index contributed by atoms with van der Waals surface area (Å²) in [4.78, 5) is -0.214. The Morgan fingerprint density at radius 1 is 0.909 bits per heavy atom. The summed E-state index contributed by atoms with van der Waals surface area (Å²) in [7, 11) is 0. The summed E-state index contributed by atoms with van der Waals surface area (Å²) < 4.78 is 0. The first-order valence-electron chi connectivity index (χ1n) is 3.94. The zero-order chi connectivity index (χ0) is 8.81. The van der Waals surface area contributed by atoms with Gasteiger partial charge in [-0.2, -0.15) is 0 Å². The fourth-order valence-electron chi connectivity index (χ4n) is 1.55. The Bertz CT molecular complexity index is 228. The quantitative estimate of drug-likeness (QED) is 0.487. The number of alkyl halides is 1. The van der Waals surface area contributed by atoms with Crippen LogP contribution in [0.1, 0.15) is 34.6 Å². The Morgan fingerprint density at radius 2 is 1.18 bits per heavy atom. The molecule has 0 unspecified atom stereocenters. The Morgan fingerprint density at radius 3 is 1.27 bits per heavy atom. The molecule has 0 aromatic rings. The van der Waals surface area contributed by atoms with Crippen molar-refractivity contribution in [2.45, 2.75) is 39.5 Å². The van der Waals surface area contributed by atoms with Crippen molar-refractivity contribution < 1.29 is 0 Å². The largest absolute Gasteiger partial charge is 0.110 e. The Hall–Kier alpha value is -0.230. The van der Waals surface area contributed by atoms with Crippen molar-refractivity contribution >= 4 is 11.6 Å². The highest BCUT2D eigenvalue weighted by Gasteiger charge is 2.33. The average Bonchev–Trinajstić information content (AvgIpc) is 2.06. The number of rotatable bonds is 0. The summed E-state index contributed by atoms with van der Waals surface area (Å²) in [6.45, 7) is 10.6. The van der Waals surface area contributed by atoms with E-state index in [-0.39, 0.29) is 4.87 Å². The minimum Gasteiger partial charge on any atom is -0.110 e. The van der Waals surface area contributed by atoms with Crippen molar-refractivity contribution in [3.63, 3.8) is 0 Å². The molecule has 0 heterocycles. The maximum absolute atomic E-state index is 6.34. The van der Waals surface area contributed by atoms with E-state index in [1.807, 2.05) is 0 Å². The van der Waals surface area contributed by atoms with E-state index < -0.39 is 0 Å². The lowest BCUT2D eigenvalue weighted by molar-refractivity contribution is 0.860. The SMILES string of the molecule is CC1=C(C)C(C)(Cl)C(C)=C1C. The van der Waals surface area contributed by atoms with E-state index >= 15 is 0 Å². The van der Waals surface area contributed by atoms with Crippen LogP contribution in [-0.2, 0) is 0 Å². The van der Waals surface area contributed by atoms with Gasteiger partial charge in [0.2, 0.25) is 0 Å². The molecule has 0 atom stereocenters. The van der Waals surface area contributed by atoms with E-state index in [9.17, 15) is 0 Å². The Labute approximate surface area is 73.9 Å². The van der Waals surface area contributed by atoms with Gasteiger partial charge in [0.05, 0.1) is 4.87 Å². The molecule has 0 aromatic carbocycles. The molecule has 0 bridgehead atoms. The van der Waals surface area contributed by atoms with Crippen LogP contribution in [0.2, 0.25) is 0 Å². The fraction of sp³-hybridized carbons (Fsp3) is 0.600. The maximum atomic E-state index is 6.34. The molecule has 1 aliphatic rings. The molecule has 0 aliphatic heterocycles. The van der Waals surface area contributed by atoms with E-state index in [1.54, 1.807) is 0 Å². The highest BCUT2D eigenvalue weighted by molar-refractivity contribution is 6.28. The molecule has 0 fully saturated rings. The van der Waals surface area contributed by atoms with E-state index in [1.165, 1.54) is 22.3 Å². The Kier molecular flexibility index (Phi) is 1.92. The monoisotopic (exact) mass is 170 g/mol. The van der Waals surface area contributed by atoms with Crippen LogP contribution < -0.4 is 0 Å². The van der Waals surface area contributed by atoms with Crippen molar-refractivity contribution in [2.24, 2.45) is 0 Å². The van der Waals surface area contributed by atoms with Crippen LogP contribution in [0, 0.1) is 0 Å². The fourth-order valence-corrected chi connectivity index (χ4v) is 1.83. The zero-order valence-corrected chi connectivity index (χ0v) is 8.63.